The largest absolute Gasteiger partial charge is 0.380 e. The summed E-state index contributed by atoms with van der Waals surface area (Å²) < 4.78 is 5.67. The highest BCUT2D eigenvalue weighted by Crippen LogP contribution is 2.50. The number of carbonyl (C=O) groups is 1. The summed E-state index contributed by atoms with van der Waals surface area (Å²) in [7, 11) is 2.07. The molecule has 8 nitrogen and oxygen atoms in total. The van der Waals surface area contributed by atoms with Crippen LogP contribution in [0.4, 0.5) is 0 Å². The Morgan fingerprint density at radius 2 is 1.77 bits per heavy atom. The van der Waals surface area contributed by atoms with Gasteiger partial charge in [-0.1, -0.05) is 57.1 Å². The molecule has 1 unspecified atom stereocenters. The number of likely N-dealkylation sites (tertiary alicyclic amines) is 2. The summed E-state index contributed by atoms with van der Waals surface area (Å²) in [6.45, 7) is 13.4. The summed E-state index contributed by atoms with van der Waals surface area (Å²) >= 11 is 0. The zero-order chi connectivity index (χ0) is 28.0. The molecule has 4 heterocycles. The van der Waals surface area contributed by atoms with Gasteiger partial charge < -0.3 is 19.4 Å². The highest BCUT2D eigenvalue weighted by Gasteiger charge is 2.55. The van der Waals surface area contributed by atoms with Crippen LogP contribution in [0, 0.1) is 10.8 Å². The molecule has 1 aromatic carbocycles. The average Bonchev–Trinajstić information content (AvgIpc) is 3.37. The molecule has 39 heavy (non-hydrogen) atoms. The van der Waals surface area contributed by atoms with E-state index in [0.29, 0.717) is 30.4 Å². The van der Waals surface area contributed by atoms with Gasteiger partial charge in [0.05, 0.1) is 0 Å². The number of hydrogen-bond donors (Lipinski definition) is 1. The lowest BCUT2D eigenvalue weighted by atomic mass is 9.62. The first-order valence-corrected chi connectivity index (χ1v) is 13.9. The molecule has 2 saturated heterocycles. The summed E-state index contributed by atoms with van der Waals surface area (Å²) in [6, 6.07) is 10.4. The Morgan fingerprint density at radius 3 is 2.36 bits per heavy atom. The Kier molecular flexibility index (Phi) is 7.14. The molecular formula is C31H41N5O3. The first-order chi connectivity index (χ1) is 18.4. The Balaban J connectivity index is 1.45. The fourth-order valence-corrected chi connectivity index (χ4v) is 6.43. The first-order valence-electron chi connectivity index (χ1n) is 13.9. The smallest absolute Gasteiger partial charge is 0.230 e. The molecular weight excluding hydrogens is 490 g/mol. The van der Waals surface area contributed by atoms with Crippen LogP contribution in [-0.2, 0) is 16.8 Å². The summed E-state index contributed by atoms with van der Waals surface area (Å²) in [5, 5.41) is 16.8. The SMILES string of the molecule is CC(=O)N1CCC(c2nc(-c3cncc(C(O)(c4ccc(CC(C)(C)C)cc4)C4(C)CN(C)C4)c3)no2)CC1. The molecule has 0 bridgehead atoms. The molecule has 0 spiro atoms. The third kappa shape index (κ3) is 5.37. The van der Waals surface area contributed by atoms with Crippen molar-refractivity contribution >= 4 is 5.91 Å². The minimum atomic E-state index is -1.24. The lowest BCUT2D eigenvalue weighted by Gasteiger charge is -2.55. The van der Waals surface area contributed by atoms with Crippen molar-refractivity contribution in [2.24, 2.45) is 10.8 Å². The highest BCUT2D eigenvalue weighted by atomic mass is 16.5. The summed E-state index contributed by atoms with van der Waals surface area (Å²) in [5.41, 5.74) is 2.11. The van der Waals surface area contributed by atoms with Gasteiger partial charge >= 0.3 is 0 Å². The van der Waals surface area contributed by atoms with Gasteiger partial charge in [0, 0.05) is 68.0 Å². The van der Waals surface area contributed by atoms with Gasteiger partial charge in [0.2, 0.25) is 17.6 Å². The third-order valence-electron chi connectivity index (χ3n) is 8.36. The fraction of sp³-hybridized carbons (Fsp3) is 0.548. The van der Waals surface area contributed by atoms with E-state index in [1.807, 2.05) is 11.0 Å². The monoisotopic (exact) mass is 531 g/mol. The average molecular weight is 532 g/mol. The van der Waals surface area contributed by atoms with Crippen molar-refractivity contribution in [2.75, 3.05) is 33.2 Å². The number of aromatic nitrogens is 3. The summed E-state index contributed by atoms with van der Waals surface area (Å²) in [6.07, 6.45) is 6.05. The Hall–Kier alpha value is -3.10. The molecule has 208 valence electrons. The number of pyridine rings is 1. The third-order valence-corrected chi connectivity index (χ3v) is 8.36. The molecule has 0 aliphatic carbocycles. The van der Waals surface area contributed by atoms with E-state index in [-0.39, 0.29) is 22.7 Å². The topological polar surface area (TPSA) is 95.6 Å². The van der Waals surface area contributed by atoms with Crippen LogP contribution in [0.5, 0.6) is 0 Å². The zero-order valence-electron chi connectivity index (χ0n) is 24.1. The molecule has 2 fully saturated rings. The first kappa shape index (κ1) is 27.5. The number of aliphatic hydroxyl groups is 1. The van der Waals surface area contributed by atoms with E-state index in [0.717, 1.165) is 43.5 Å². The van der Waals surface area contributed by atoms with Crippen LogP contribution in [-0.4, -0.2) is 69.2 Å². The van der Waals surface area contributed by atoms with Gasteiger partial charge in [-0.25, -0.2) is 0 Å². The van der Waals surface area contributed by atoms with Crippen molar-refractivity contribution < 1.29 is 14.4 Å². The second-order valence-electron chi connectivity index (χ2n) is 13.1. The maximum absolute atomic E-state index is 12.6. The fourth-order valence-electron chi connectivity index (χ4n) is 6.43. The van der Waals surface area contributed by atoms with E-state index in [1.54, 1.807) is 19.3 Å². The molecule has 2 aliphatic heterocycles. The lowest BCUT2D eigenvalue weighted by molar-refractivity contribution is -0.129. The molecule has 8 heteroatoms. The van der Waals surface area contributed by atoms with Crippen LogP contribution in [0.25, 0.3) is 11.4 Å². The number of hydrogen-bond acceptors (Lipinski definition) is 7. The standard InChI is InChI=1S/C31H41N5O3/c1-21(37)36-13-11-23(12-14-36)28-33-27(34-39-28)24-15-26(18-32-17-24)31(38,30(5)19-35(6)20-30)25-9-7-22(8-10-25)16-29(2,3)4/h7-10,15,17-18,23,38H,11-14,16,19-20H2,1-6H3. The Morgan fingerprint density at radius 1 is 1.10 bits per heavy atom. The van der Waals surface area contributed by atoms with Crippen molar-refractivity contribution in [1.29, 1.82) is 0 Å². The van der Waals surface area contributed by atoms with Gasteiger partial charge in [0.1, 0.15) is 5.60 Å². The van der Waals surface area contributed by atoms with Gasteiger partial charge in [0.15, 0.2) is 0 Å². The second-order valence-corrected chi connectivity index (χ2v) is 13.1. The Bertz CT molecular complexity index is 1310. The highest BCUT2D eigenvalue weighted by molar-refractivity contribution is 5.73. The number of nitrogens with zero attached hydrogens (tertiary/aromatic N) is 5. The minimum Gasteiger partial charge on any atom is -0.380 e. The van der Waals surface area contributed by atoms with E-state index in [1.165, 1.54) is 5.56 Å². The van der Waals surface area contributed by atoms with Crippen molar-refractivity contribution in [3.05, 3.63) is 65.3 Å². The number of piperidine rings is 1. The molecule has 2 aliphatic rings. The predicted octanol–water partition coefficient (Wildman–Crippen LogP) is 4.63. The second kappa shape index (κ2) is 10.1. The quantitative estimate of drug-likeness (QED) is 0.495. The molecule has 3 aromatic rings. The van der Waals surface area contributed by atoms with Crippen molar-refractivity contribution in [1.82, 2.24) is 24.9 Å². The maximum Gasteiger partial charge on any atom is 0.230 e. The molecule has 0 saturated carbocycles. The predicted molar refractivity (Wildman–Crippen MR) is 150 cm³/mol. The van der Waals surface area contributed by atoms with E-state index in [4.69, 9.17) is 9.51 Å². The van der Waals surface area contributed by atoms with E-state index in [2.05, 4.69) is 74.0 Å². The van der Waals surface area contributed by atoms with Crippen molar-refractivity contribution in [3.63, 3.8) is 0 Å². The molecule has 1 N–H and O–H groups in total. The lowest BCUT2D eigenvalue weighted by Crippen LogP contribution is -2.63. The maximum atomic E-state index is 12.6. The number of rotatable bonds is 6. The van der Waals surface area contributed by atoms with E-state index < -0.39 is 5.60 Å². The van der Waals surface area contributed by atoms with Crippen LogP contribution in [0.2, 0.25) is 0 Å². The number of benzene rings is 1. The van der Waals surface area contributed by atoms with Crippen molar-refractivity contribution in [2.45, 2.75) is 65.4 Å². The molecule has 5 rings (SSSR count). The zero-order valence-corrected chi connectivity index (χ0v) is 24.1. The van der Waals surface area contributed by atoms with Crippen LogP contribution in [0.3, 0.4) is 0 Å². The van der Waals surface area contributed by atoms with E-state index >= 15 is 0 Å². The van der Waals surface area contributed by atoms with Gasteiger partial charge in [-0.05, 0) is 48.9 Å². The normalized spacial score (nSPS) is 19.9. The van der Waals surface area contributed by atoms with Crippen LogP contribution in [0.1, 0.15) is 76.0 Å². The minimum absolute atomic E-state index is 0.102. The van der Waals surface area contributed by atoms with Gasteiger partial charge in [0.25, 0.3) is 0 Å². The van der Waals surface area contributed by atoms with Gasteiger partial charge in [-0.3, -0.25) is 9.78 Å². The molecule has 1 amide bonds. The van der Waals surface area contributed by atoms with Gasteiger partial charge in [-0.15, -0.1) is 0 Å². The molecule has 2 aromatic heterocycles. The van der Waals surface area contributed by atoms with Gasteiger partial charge in [-0.2, -0.15) is 4.98 Å². The summed E-state index contributed by atoms with van der Waals surface area (Å²) in [5.74, 6) is 1.29. The van der Waals surface area contributed by atoms with E-state index in [9.17, 15) is 9.90 Å². The number of amides is 1. The molecule has 0 radical (unpaired) electrons. The Labute approximate surface area is 231 Å². The van der Waals surface area contributed by atoms with Crippen LogP contribution < -0.4 is 0 Å². The van der Waals surface area contributed by atoms with Crippen LogP contribution >= 0.6 is 0 Å². The summed E-state index contributed by atoms with van der Waals surface area (Å²) in [4.78, 5) is 25.0. The van der Waals surface area contributed by atoms with Crippen LogP contribution in [0.15, 0.2) is 47.2 Å². The molecule has 1 atom stereocenters. The number of carbonyl (C=O) groups excluding carboxylic acids is 1. The van der Waals surface area contributed by atoms with Crippen molar-refractivity contribution in [3.8, 4) is 11.4 Å².